The molecule has 0 aliphatic carbocycles. The van der Waals surface area contributed by atoms with Crippen molar-refractivity contribution in [1.29, 1.82) is 0 Å². The van der Waals surface area contributed by atoms with Crippen LogP contribution in [0.5, 0.6) is 0 Å². The first-order valence-electron chi connectivity index (χ1n) is 12.4. The molecule has 9 nitrogen and oxygen atoms in total. The number of hydrogen-bond acceptors (Lipinski definition) is 9. The van der Waals surface area contributed by atoms with E-state index in [1.807, 2.05) is 30.5 Å². The number of furan rings is 1. The van der Waals surface area contributed by atoms with Crippen molar-refractivity contribution in [1.82, 2.24) is 4.57 Å². The number of fused-ring (bicyclic) bond motifs is 1. The fraction of sp³-hybridized carbons (Fsp3) is 0.207. The lowest BCUT2D eigenvalue weighted by molar-refractivity contribution is -0.384. The van der Waals surface area contributed by atoms with Gasteiger partial charge >= 0.3 is 5.97 Å². The van der Waals surface area contributed by atoms with Crippen LogP contribution >= 0.6 is 23.1 Å². The molecular formula is C29H25N3O6S2. The van der Waals surface area contributed by atoms with Gasteiger partial charge in [-0.2, -0.15) is 0 Å². The molecule has 40 heavy (non-hydrogen) atoms. The highest BCUT2D eigenvalue weighted by Gasteiger charge is 2.33. The highest BCUT2D eigenvalue weighted by molar-refractivity contribution is 7.98. The van der Waals surface area contributed by atoms with Crippen LogP contribution in [-0.2, 0) is 9.53 Å². The van der Waals surface area contributed by atoms with E-state index in [9.17, 15) is 19.7 Å². The number of non-ortho nitro benzene ring substituents is 1. The van der Waals surface area contributed by atoms with Gasteiger partial charge in [0.1, 0.15) is 11.5 Å². The fourth-order valence-corrected chi connectivity index (χ4v) is 5.86. The molecule has 0 N–H and O–H groups in total. The lowest BCUT2D eigenvalue weighted by Crippen LogP contribution is -2.40. The maximum atomic E-state index is 13.8. The Morgan fingerprint density at radius 2 is 1.85 bits per heavy atom. The van der Waals surface area contributed by atoms with Gasteiger partial charge in [0.05, 0.1) is 32.9 Å². The predicted octanol–water partition coefficient (Wildman–Crippen LogP) is 5.08. The molecule has 0 amide bonds. The number of allylic oxidation sites excluding steroid dienone is 1. The van der Waals surface area contributed by atoms with Crippen LogP contribution in [0.25, 0.3) is 17.4 Å². The topological polar surface area (TPSA) is 117 Å². The van der Waals surface area contributed by atoms with Gasteiger partial charge in [0, 0.05) is 28.7 Å². The summed E-state index contributed by atoms with van der Waals surface area (Å²) in [6, 6.07) is 16.5. The largest absolute Gasteiger partial charge is 0.459 e. The Balaban J connectivity index is 1.59. The number of ether oxygens (including phenoxy) is 1. The van der Waals surface area contributed by atoms with Crippen LogP contribution in [0.2, 0.25) is 0 Å². The lowest BCUT2D eigenvalue weighted by atomic mass is 9.96. The van der Waals surface area contributed by atoms with E-state index in [0.29, 0.717) is 37.7 Å². The maximum absolute atomic E-state index is 13.8. The fourth-order valence-electron chi connectivity index (χ4n) is 4.42. The van der Waals surface area contributed by atoms with Crippen molar-refractivity contribution in [3.05, 3.63) is 113 Å². The highest BCUT2D eigenvalue weighted by atomic mass is 32.2. The number of carbonyl (C=O) groups excluding carboxylic acids is 1. The van der Waals surface area contributed by atoms with E-state index < -0.39 is 16.9 Å². The molecule has 0 radical (unpaired) electrons. The number of thioether (sulfide) groups is 1. The molecule has 2 aromatic heterocycles. The van der Waals surface area contributed by atoms with Gasteiger partial charge in [0.2, 0.25) is 0 Å². The number of nitrogens with zero attached hydrogens (tertiary/aromatic N) is 3. The summed E-state index contributed by atoms with van der Waals surface area (Å²) in [4.78, 5) is 43.7. The zero-order chi connectivity index (χ0) is 28.6. The van der Waals surface area contributed by atoms with Gasteiger partial charge in [-0.05, 0) is 69.0 Å². The molecule has 2 aromatic carbocycles. The van der Waals surface area contributed by atoms with Gasteiger partial charge in [-0.3, -0.25) is 19.5 Å². The first-order valence-corrected chi connectivity index (χ1v) is 14.4. The van der Waals surface area contributed by atoms with E-state index in [2.05, 4.69) is 4.99 Å². The Morgan fingerprint density at radius 1 is 1.15 bits per heavy atom. The van der Waals surface area contributed by atoms with Crippen LogP contribution < -0.4 is 14.9 Å². The predicted molar refractivity (Wildman–Crippen MR) is 154 cm³/mol. The summed E-state index contributed by atoms with van der Waals surface area (Å²) >= 11 is 2.81. The van der Waals surface area contributed by atoms with Crippen LogP contribution in [0.3, 0.4) is 0 Å². The first kappa shape index (κ1) is 27.4. The third-order valence-electron chi connectivity index (χ3n) is 6.28. The molecule has 0 bridgehead atoms. The van der Waals surface area contributed by atoms with Crippen molar-refractivity contribution >= 4 is 40.8 Å². The van der Waals surface area contributed by atoms with Crippen LogP contribution in [0.15, 0.2) is 91.0 Å². The van der Waals surface area contributed by atoms with Gasteiger partial charge in [-0.15, -0.1) is 11.8 Å². The molecule has 11 heteroatoms. The minimum absolute atomic E-state index is 0.0128. The summed E-state index contributed by atoms with van der Waals surface area (Å²) in [5.74, 6) is 0.438. The molecule has 4 aromatic rings. The first-order chi connectivity index (χ1) is 19.2. The summed E-state index contributed by atoms with van der Waals surface area (Å²) in [5, 5.41) is 10.9. The third kappa shape index (κ3) is 5.30. The minimum Gasteiger partial charge on any atom is -0.459 e. The van der Waals surface area contributed by atoms with E-state index in [0.717, 1.165) is 10.5 Å². The normalized spacial score (nSPS) is 15.2. The van der Waals surface area contributed by atoms with Gasteiger partial charge < -0.3 is 9.15 Å². The van der Waals surface area contributed by atoms with Crippen molar-refractivity contribution < 1.29 is 18.9 Å². The van der Waals surface area contributed by atoms with Gasteiger partial charge in [-0.25, -0.2) is 9.79 Å². The molecule has 0 saturated carbocycles. The molecule has 1 aliphatic rings. The number of hydrogen-bond donors (Lipinski definition) is 0. The SMILES string of the molecule is CSc1ccc([C@@H]2C(C(=O)OC(C)C)=C(C)N=c3s/c(=C\c4ccc(-c5ccc([N+](=O)[O-])cc5)o4)c(=O)n32)cc1. The van der Waals surface area contributed by atoms with E-state index in [-0.39, 0.29) is 17.4 Å². The lowest BCUT2D eigenvalue weighted by Gasteiger charge is -2.25. The van der Waals surface area contributed by atoms with Gasteiger partial charge in [-0.1, -0.05) is 23.5 Å². The molecule has 0 spiro atoms. The quantitative estimate of drug-likeness (QED) is 0.131. The van der Waals surface area contributed by atoms with Gasteiger partial charge in [0.15, 0.2) is 4.80 Å². The van der Waals surface area contributed by atoms with E-state index >= 15 is 0 Å². The molecule has 1 atom stereocenters. The number of rotatable bonds is 7. The highest BCUT2D eigenvalue weighted by Crippen LogP contribution is 2.32. The van der Waals surface area contributed by atoms with Crippen molar-refractivity contribution in [2.75, 3.05) is 6.26 Å². The Hall–Kier alpha value is -4.22. The van der Waals surface area contributed by atoms with Crippen molar-refractivity contribution in [2.24, 2.45) is 4.99 Å². The molecule has 0 fully saturated rings. The Morgan fingerprint density at radius 3 is 2.48 bits per heavy atom. The number of nitro benzene ring substituents is 1. The Labute approximate surface area is 237 Å². The van der Waals surface area contributed by atoms with Crippen LogP contribution in [0.1, 0.15) is 38.1 Å². The van der Waals surface area contributed by atoms with Crippen LogP contribution in [0, 0.1) is 10.1 Å². The molecule has 0 saturated heterocycles. The minimum atomic E-state index is -0.701. The summed E-state index contributed by atoms with van der Waals surface area (Å²) in [6.07, 6.45) is 3.29. The molecule has 0 unspecified atom stereocenters. The second-order valence-electron chi connectivity index (χ2n) is 9.32. The standard InChI is InChI=1S/C29H25N3O6S2/c1-16(2)37-28(34)25-17(3)30-29-31(26(25)19-7-12-22(39-4)13-8-19)27(33)24(40-29)15-21-11-14-23(38-21)18-5-9-20(10-6-18)32(35)36/h5-16,26H,1-4H3/b24-15-/t26-/m1/s1. The second kappa shape index (κ2) is 11.1. The number of nitro groups is 1. The summed E-state index contributed by atoms with van der Waals surface area (Å²) in [5.41, 5.74) is 1.94. The third-order valence-corrected chi connectivity index (χ3v) is 8.01. The van der Waals surface area contributed by atoms with E-state index in [4.69, 9.17) is 9.15 Å². The van der Waals surface area contributed by atoms with Crippen molar-refractivity contribution in [3.8, 4) is 11.3 Å². The van der Waals surface area contributed by atoms with Crippen LogP contribution in [0.4, 0.5) is 5.69 Å². The van der Waals surface area contributed by atoms with Gasteiger partial charge in [0.25, 0.3) is 11.2 Å². The average Bonchev–Trinajstić information content (AvgIpc) is 3.52. The van der Waals surface area contributed by atoms with E-state index in [1.165, 1.54) is 28.0 Å². The number of benzene rings is 2. The smallest absolute Gasteiger partial charge is 0.338 e. The molecule has 204 valence electrons. The summed E-state index contributed by atoms with van der Waals surface area (Å²) < 4.78 is 13.4. The number of thiazole rings is 1. The van der Waals surface area contributed by atoms with Crippen LogP contribution in [-0.4, -0.2) is 27.8 Å². The monoisotopic (exact) mass is 575 g/mol. The molecule has 5 rings (SSSR count). The Bertz CT molecular complexity index is 1810. The summed E-state index contributed by atoms with van der Waals surface area (Å²) in [6.45, 7) is 5.31. The molecule has 3 heterocycles. The van der Waals surface area contributed by atoms with Crippen molar-refractivity contribution in [2.45, 2.75) is 37.8 Å². The zero-order valence-corrected chi connectivity index (χ0v) is 23.7. The Kier molecular flexibility index (Phi) is 7.59. The summed E-state index contributed by atoms with van der Waals surface area (Å²) in [7, 11) is 0. The number of carbonyl (C=O) groups is 1. The molecular weight excluding hydrogens is 550 g/mol. The van der Waals surface area contributed by atoms with Crippen molar-refractivity contribution in [3.63, 3.8) is 0 Å². The zero-order valence-electron chi connectivity index (χ0n) is 22.1. The second-order valence-corrected chi connectivity index (χ2v) is 11.2. The number of aromatic nitrogens is 1. The molecule has 1 aliphatic heterocycles. The average molecular weight is 576 g/mol. The maximum Gasteiger partial charge on any atom is 0.338 e. The van der Waals surface area contributed by atoms with E-state index in [1.54, 1.807) is 62.9 Å². The number of esters is 1.